The van der Waals surface area contributed by atoms with Crippen LogP contribution in [0.15, 0.2) is 24.3 Å². The monoisotopic (exact) mass is 476 g/mol. The smallest absolute Gasteiger partial charge is 0.311 e. The highest BCUT2D eigenvalue weighted by atomic mass is 17.3. The van der Waals surface area contributed by atoms with E-state index in [9.17, 15) is 9.59 Å². The molecule has 34 heavy (non-hydrogen) atoms. The van der Waals surface area contributed by atoms with E-state index in [2.05, 4.69) is 13.8 Å². The first-order valence-electron chi connectivity index (χ1n) is 12.1. The second-order valence-electron chi connectivity index (χ2n) is 10.2. The molecule has 9 nitrogen and oxygen atoms in total. The molecule has 186 valence electrons. The van der Waals surface area contributed by atoms with Gasteiger partial charge in [0.2, 0.25) is 12.1 Å². The molecule has 0 radical (unpaired) electrons. The van der Waals surface area contributed by atoms with Crippen molar-refractivity contribution in [2.45, 2.75) is 83.3 Å². The Balaban J connectivity index is 1.30. The highest BCUT2D eigenvalue weighted by Crippen LogP contribution is 2.60. The topological polar surface area (TPSA) is 110 Å². The minimum absolute atomic E-state index is 0.0365. The first kappa shape index (κ1) is 23.5. The fourth-order valence-electron chi connectivity index (χ4n) is 6.12. The summed E-state index contributed by atoms with van der Waals surface area (Å²) in [6.45, 7) is 6.29. The molecule has 1 N–H and O–H groups in total. The van der Waals surface area contributed by atoms with Crippen LogP contribution in [0.3, 0.4) is 0 Å². The van der Waals surface area contributed by atoms with Gasteiger partial charge >= 0.3 is 11.9 Å². The number of hydrogen-bond donors (Lipinski definition) is 1. The summed E-state index contributed by atoms with van der Waals surface area (Å²) in [7, 11) is 0. The van der Waals surface area contributed by atoms with Crippen molar-refractivity contribution in [1.82, 2.24) is 0 Å². The van der Waals surface area contributed by atoms with E-state index in [1.807, 2.05) is 6.92 Å². The maximum absolute atomic E-state index is 11.8. The molecular weight excluding hydrogens is 444 g/mol. The van der Waals surface area contributed by atoms with Crippen LogP contribution >= 0.6 is 0 Å². The molecule has 5 fully saturated rings. The predicted octanol–water partition coefficient (Wildman–Crippen LogP) is 4.04. The van der Waals surface area contributed by atoms with Gasteiger partial charge in [0.1, 0.15) is 11.5 Å². The number of fused-ring (bicyclic) bond motifs is 2. The van der Waals surface area contributed by atoms with Crippen LogP contribution in [0, 0.1) is 23.7 Å². The Morgan fingerprint density at radius 1 is 1.03 bits per heavy atom. The summed E-state index contributed by atoms with van der Waals surface area (Å²) >= 11 is 0. The van der Waals surface area contributed by atoms with Crippen molar-refractivity contribution in [3.63, 3.8) is 0 Å². The van der Waals surface area contributed by atoms with Crippen LogP contribution in [0.1, 0.15) is 59.3 Å². The third-order valence-electron chi connectivity index (χ3n) is 7.95. The van der Waals surface area contributed by atoms with E-state index in [0.29, 0.717) is 23.3 Å². The summed E-state index contributed by atoms with van der Waals surface area (Å²) in [5.41, 5.74) is -0.638. The Morgan fingerprint density at radius 2 is 1.76 bits per heavy atom. The molecule has 8 atom stereocenters. The molecule has 4 aliphatic heterocycles. The predicted molar refractivity (Wildman–Crippen MR) is 116 cm³/mol. The Labute approximate surface area is 198 Å². The van der Waals surface area contributed by atoms with Gasteiger partial charge in [0.15, 0.2) is 11.9 Å². The van der Waals surface area contributed by atoms with E-state index >= 15 is 0 Å². The number of benzene rings is 1. The second-order valence-corrected chi connectivity index (χ2v) is 10.2. The first-order chi connectivity index (χ1) is 16.2. The maximum Gasteiger partial charge on any atom is 0.311 e. The molecule has 4 heterocycles. The summed E-state index contributed by atoms with van der Waals surface area (Å²) in [6.07, 6.45) is 2.25. The Morgan fingerprint density at radius 3 is 2.50 bits per heavy atom. The standard InChI is InChI=1S/C25H32O9/c1-14-4-9-19-15(2)22(31-23-25(19)18(14)12-13-24(3,32-23)33-34-25)30-17-7-5-16(6-8-17)29-21(28)11-10-20(26)27/h5-8,14-15,18-19,22-23H,4,9-13H2,1-3H3,(H,26,27)/t14-,15-,18?,19?,22+,23?,24+,25-/m1/s1. The third kappa shape index (κ3) is 4.08. The second kappa shape index (κ2) is 8.78. The normalized spacial score (nSPS) is 40.7. The van der Waals surface area contributed by atoms with Crippen LogP contribution in [0.4, 0.5) is 0 Å². The number of aliphatic carboxylic acids is 1. The molecule has 1 aromatic carbocycles. The molecule has 5 aliphatic rings. The van der Waals surface area contributed by atoms with Crippen LogP contribution in [-0.4, -0.2) is 41.0 Å². The third-order valence-corrected chi connectivity index (χ3v) is 7.95. The fourth-order valence-corrected chi connectivity index (χ4v) is 6.12. The lowest BCUT2D eigenvalue weighted by Crippen LogP contribution is -2.70. The van der Waals surface area contributed by atoms with Crippen molar-refractivity contribution in [2.75, 3.05) is 0 Å². The molecule has 4 saturated heterocycles. The van der Waals surface area contributed by atoms with Gasteiger partial charge in [-0.05, 0) is 62.3 Å². The van der Waals surface area contributed by atoms with Crippen molar-refractivity contribution in [1.29, 1.82) is 0 Å². The summed E-state index contributed by atoms with van der Waals surface area (Å²) < 4.78 is 24.2. The zero-order valence-corrected chi connectivity index (χ0v) is 19.7. The average Bonchev–Trinajstić information content (AvgIpc) is 3.03. The number of carboxylic acids is 1. The van der Waals surface area contributed by atoms with E-state index in [1.54, 1.807) is 24.3 Å². The summed E-state index contributed by atoms with van der Waals surface area (Å²) in [5, 5.41) is 8.69. The highest BCUT2D eigenvalue weighted by molar-refractivity contribution is 5.78. The minimum atomic E-state index is -1.04. The number of hydrogen-bond acceptors (Lipinski definition) is 8. The Hall–Kier alpha value is -2.20. The van der Waals surface area contributed by atoms with Crippen molar-refractivity contribution in [2.24, 2.45) is 23.7 Å². The molecule has 3 unspecified atom stereocenters. The molecule has 1 aliphatic carbocycles. The number of carbonyl (C=O) groups excluding carboxylic acids is 1. The molecule has 0 amide bonds. The largest absolute Gasteiger partial charge is 0.481 e. The highest BCUT2D eigenvalue weighted by Gasteiger charge is 2.69. The molecule has 2 bridgehead atoms. The van der Waals surface area contributed by atoms with Gasteiger partial charge < -0.3 is 24.1 Å². The van der Waals surface area contributed by atoms with Crippen LogP contribution in [0.2, 0.25) is 0 Å². The lowest BCUT2D eigenvalue weighted by molar-refractivity contribution is -0.575. The lowest BCUT2D eigenvalue weighted by Gasteiger charge is -2.60. The minimum Gasteiger partial charge on any atom is -0.481 e. The number of rotatable bonds is 6. The summed E-state index contributed by atoms with van der Waals surface area (Å²) in [5.74, 6) is -0.599. The van der Waals surface area contributed by atoms with Gasteiger partial charge in [0.25, 0.3) is 0 Å². The van der Waals surface area contributed by atoms with Crippen LogP contribution in [0.5, 0.6) is 11.5 Å². The van der Waals surface area contributed by atoms with E-state index in [1.165, 1.54) is 0 Å². The zero-order chi connectivity index (χ0) is 24.1. The number of carbonyl (C=O) groups is 2. The summed E-state index contributed by atoms with van der Waals surface area (Å²) in [6, 6.07) is 6.63. The fraction of sp³-hybridized carbons (Fsp3) is 0.680. The van der Waals surface area contributed by atoms with E-state index < -0.39 is 35.9 Å². The van der Waals surface area contributed by atoms with Crippen LogP contribution in [0.25, 0.3) is 0 Å². The van der Waals surface area contributed by atoms with Gasteiger partial charge in [-0.15, -0.1) is 0 Å². The molecule has 0 aromatic heterocycles. The molecule has 6 rings (SSSR count). The average molecular weight is 477 g/mol. The first-order valence-corrected chi connectivity index (χ1v) is 12.1. The van der Waals surface area contributed by atoms with Crippen LogP contribution in [-0.2, 0) is 28.8 Å². The van der Waals surface area contributed by atoms with Gasteiger partial charge in [0.05, 0.1) is 12.8 Å². The quantitative estimate of drug-likeness (QED) is 0.369. The van der Waals surface area contributed by atoms with Gasteiger partial charge in [-0.25, -0.2) is 9.78 Å². The van der Waals surface area contributed by atoms with Crippen molar-refractivity contribution >= 4 is 11.9 Å². The Bertz CT molecular complexity index is 933. The van der Waals surface area contributed by atoms with Crippen molar-refractivity contribution < 1.29 is 43.4 Å². The zero-order valence-electron chi connectivity index (χ0n) is 19.7. The van der Waals surface area contributed by atoms with Crippen molar-refractivity contribution in [3.8, 4) is 11.5 Å². The number of ether oxygens (including phenoxy) is 4. The van der Waals surface area contributed by atoms with Gasteiger partial charge in [-0.1, -0.05) is 13.8 Å². The van der Waals surface area contributed by atoms with E-state index in [4.69, 9.17) is 33.8 Å². The molecule has 1 aromatic rings. The number of carboxylic acid groups (broad SMARTS) is 1. The van der Waals surface area contributed by atoms with E-state index in [0.717, 1.165) is 25.7 Å². The van der Waals surface area contributed by atoms with Gasteiger partial charge in [0, 0.05) is 18.3 Å². The summed E-state index contributed by atoms with van der Waals surface area (Å²) in [4.78, 5) is 34.4. The molecule has 9 heteroatoms. The van der Waals surface area contributed by atoms with Gasteiger partial charge in [-0.2, -0.15) is 0 Å². The maximum atomic E-state index is 11.8. The Kier molecular flexibility index (Phi) is 6.08. The van der Waals surface area contributed by atoms with Crippen molar-refractivity contribution in [3.05, 3.63) is 24.3 Å². The molecular formula is C25H32O9. The van der Waals surface area contributed by atoms with E-state index in [-0.39, 0.29) is 24.7 Å². The van der Waals surface area contributed by atoms with Crippen LogP contribution < -0.4 is 9.47 Å². The lowest BCUT2D eigenvalue weighted by atomic mass is 9.58. The molecule has 1 spiro atoms. The van der Waals surface area contributed by atoms with Gasteiger partial charge in [-0.3, -0.25) is 9.59 Å². The SMILES string of the molecule is C[C@@H]1CCC2[C@@H](C)[C@@H](Oc3ccc(OC(=O)CCC(=O)O)cc3)OC3O[C@]4(C)CCC1[C@]32OO4. The number of esters is 1. The molecule has 1 saturated carbocycles.